The second-order valence-corrected chi connectivity index (χ2v) is 5.15. The topological polar surface area (TPSA) is 88.4 Å². The summed E-state index contributed by atoms with van der Waals surface area (Å²) < 4.78 is 10.2. The van der Waals surface area contributed by atoms with Gasteiger partial charge in [0.25, 0.3) is 5.91 Å². The van der Waals surface area contributed by atoms with Gasteiger partial charge in [-0.25, -0.2) is 4.79 Å². The molecule has 26 heavy (non-hydrogen) atoms. The first-order valence-corrected chi connectivity index (χ1v) is 7.99. The molecule has 1 N–H and O–H groups in total. The van der Waals surface area contributed by atoms with Crippen LogP contribution in [0.1, 0.15) is 18.1 Å². The Hall–Kier alpha value is -3.59. The molecule has 0 saturated carbocycles. The van der Waals surface area contributed by atoms with E-state index in [-0.39, 0.29) is 12.5 Å². The summed E-state index contributed by atoms with van der Waals surface area (Å²) in [4.78, 5) is 23.2. The highest BCUT2D eigenvalue weighted by Gasteiger charge is 2.06. The second-order valence-electron chi connectivity index (χ2n) is 5.15. The van der Waals surface area contributed by atoms with Crippen LogP contribution in [-0.4, -0.2) is 25.1 Å². The minimum Gasteiger partial charge on any atom is -0.482 e. The van der Waals surface area contributed by atoms with Crippen molar-refractivity contribution in [3.63, 3.8) is 0 Å². The van der Waals surface area contributed by atoms with Crippen LogP contribution in [0.25, 0.3) is 6.08 Å². The number of esters is 1. The number of nitrogens with zero attached hydrogens (tertiary/aromatic N) is 1. The number of hydrogen-bond acceptors (Lipinski definition) is 5. The first-order chi connectivity index (χ1) is 12.6. The van der Waals surface area contributed by atoms with E-state index in [1.165, 1.54) is 6.08 Å². The number of rotatable bonds is 7. The van der Waals surface area contributed by atoms with Gasteiger partial charge in [0.05, 0.1) is 12.2 Å². The van der Waals surface area contributed by atoms with Crippen LogP contribution in [0, 0.1) is 11.3 Å². The number of ether oxygens (including phenoxy) is 2. The quantitative estimate of drug-likeness (QED) is 0.612. The number of amides is 1. The van der Waals surface area contributed by atoms with E-state index in [1.54, 1.807) is 61.5 Å². The van der Waals surface area contributed by atoms with E-state index in [9.17, 15) is 9.59 Å². The van der Waals surface area contributed by atoms with Gasteiger partial charge < -0.3 is 14.8 Å². The predicted molar refractivity (Wildman–Crippen MR) is 97.4 cm³/mol. The van der Waals surface area contributed by atoms with Gasteiger partial charge >= 0.3 is 5.97 Å². The molecule has 0 bridgehead atoms. The molecule has 6 nitrogen and oxygen atoms in total. The standard InChI is InChI=1S/C20H18N2O4/c1-2-25-20(24)12-9-15-7-10-17(11-8-15)22-19(23)14-26-18-6-4-3-5-16(18)13-21/h3-12H,2,14H2,1H3,(H,22,23). The predicted octanol–water partition coefficient (Wildman–Crippen LogP) is 3.15. The first kappa shape index (κ1) is 18.7. The van der Waals surface area contributed by atoms with Crippen molar-refractivity contribution in [1.29, 1.82) is 5.26 Å². The number of nitriles is 1. The van der Waals surface area contributed by atoms with Crippen molar-refractivity contribution in [3.05, 3.63) is 65.7 Å². The number of carbonyl (C=O) groups excluding carboxylic acids is 2. The molecule has 0 heterocycles. The van der Waals surface area contributed by atoms with Crippen LogP contribution in [0.5, 0.6) is 5.75 Å². The summed E-state index contributed by atoms with van der Waals surface area (Å²) in [6, 6.07) is 15.7. The summed E-state index contributed by atoms with van der Waals surface area (Å²) in [6.45, 7) is 1.87. The molecule has 0 unspecified atom stereocenters. The Balaban J connectivity index is 1.87. The Morgan fingerprint density at radius 3 is 2.58 bits per heavy atom. The van der Waals surface area contributed by atoms with Gasteiger partial charge in [-0.2, -0.15) is 5.26 Å². The fourth-order valence-corrected chi connectivity index (χ4v) is 2.06. The Morgan fingerprint density at radius 1 is 1.15 bits per heavy atom. The molecule has 0 aliphatic carbocycles. The van der Waals surface area contributed by atoms with Crippen molar-refractivity contribution in [3.8, 4) is 11.8 Å². The normalized spacial score (nSPS) is 10.2. The lowest BCUT2D eigenvalue weighted by atomic mass is 10.2. The molecule has 1 amide bonds. The van der Waals surface area contributed by atoms with E-state index in [1.807, 2.05) is 6.07 Å². The van der Waals surface area contributed by atoms with Gasteiger partial charge in [0, 0.05) is 11.8 Å². The molecule has 2 aromatic carbocycles. The van der Waals surface area contributed by atoms with Gasteiger partial charge in [0.2, 0.25) is 0 Å². The van der Waals surface area contributed by atoms with Crippen LogP contribution in [0.4, 0.5) is 5.69 Å². The van der Waals surface area contributed by atoms with Crippen molar-refractivity contribution in [2.75, 3.05) is 18.5 Å². The minimum atomic E-state index is -0.403. The van der Waals surface area contributed by atoms with Gasteiger partial charge in [-0.1, -0.05) is 24.3 Å². The van der Waals surface area contributed by atoms with Crippen molar-refractivity contribution in [2.45, 2.75) is 6.92 Å². The van der Waals surface area contributed by atoms with E-state index in [0.29, 0.717) is 23.6 Å². The third-order valence-corrected chi connectivity index (χ3v) is 3.26. The van der Waals surface area contributed by atoms with Crippen LogP contribution in [0.15, 0.2) is 54.6 Å². The zero-order valence-corrected chi connectivity index (χ0v) is 14.3. The zero-order valence-electron chi connectivity index (χ0n) is 14.3. The molecule has 6 heteroatoms. The van der Waals surface area contributed by atoms with Gasteiger partial charge in [0.1, 0.15) is 11.8 Å². The molecular weight excluding hydrogens is 332 g/mol. The average molecular weight is 350 g/mol. The Bertz CT molecular complexity index is 836. The Labute approximate surface area is 151 Å². The van der Waals surface area contributed by atoms with Crippen molar-refractivity contribution < 1.29 is 19.1 Å². The molecule has 132 valence electrons. The van der Waals surface area contributed by atoms with E-state index in [4.69, 9.17) is 14.7 Å². The molecule has 2 aromatic rings. The third kappa shape index (κ3) is 5.80. The molecule has 0 aromatic heterocycles. The lowest BCUT2D eigenvalue weighted by Gasteiger charge is -2.08. The minimum absolute atomic E-state index is 0.205. The summed E-state index contributed by atoms with van der Waals surface area (Å²) in [5.74, 6) is -0.378. The maximum absolute atomic E-state index is 12.0. The van der Waals surface area contributed by atoms with Crippen LogP contribution in [0.2, 0.25) is 0 Å². The first-order valence-electron chi connectivity index (χ1n) is 7.99. The molecular formula is C20H18N2O4. The lowest BCUT2D eigenvalue weighted by molar-refractivity contribution is -0.137. The van der Waals surface area contributed by atoms with Gasteiger partial charge in [0.15, 0.2) is 6.61 Å². The maximum atomic E-state index is 12.0. The van der Waals surface area contributed by atoms with Crippen LogP contribution < -0.4 is 10.1 Å². The molecule has 2 rings (SSSR count). The van der Waals surface area contributed by atoms with Gasteiger partial charge in [-0.3, -0.25) is 4.79 Å². The lowest BCUT2D eigenvalue weighted by Crippen LogP contribution is -2.20. The smallest absolute Gasteiger partial charge is 0.330 e. The molecule has 0 aliphatic rings. The fourth-order valence-electron chi connectivity index (χ4n) is 2.06. The monoisotopic (exact) mass is 350 g/mol. The molecule has 0 spiro atoms. The van der Waals surface area contributed by atoms with E-state index in [2.05, 4.69) is 5.32 Å². The number of hydrogen-bond donors (Lipinski definition) is 1. The molecule has 0 atom stereocenters. The van der Waals surface area contributed by atoms with Crippen LogP contribution in [0.3, 0.4) is 0 Å². The Morgan fingerprint density at radius 2 is 1.88 bits per heavy atom. The van der Waals surface area contributed by atoms with Crippen LogP contribution in [-0.2, 0) is 14.3 Å². The zero-order chi connectivity index (χ0) is 18.8. The number of nitrogens with one attached hydrogen (secondary N) is 1. The summed E-state index contributed by atoms with van der Waals surface area (Å²) in [5, 5.41) is 11.7. The van der Waals surface area contributed by atoms with Gasteiger partial charge in [-0.05, 0) is 42.8 Å². The van der Waals surface area contributed by atoms with Crippen molar-refractivity contribution in [1.82, 2.24) is 0 Å². The number of benzene rings is 2. The molecule has 0 aliphatic heterocycles. The summed E-state index contributed by atoms with van der Waals surface area (Å²) in [6.07, 6.45) is 2.98. The van der Waals surface area contributed by atoms with E-state index in [0.717, 1.165) is 5.56 Å². The molecule has 0 radical (unpaired) electrons. The third-order valence-electron chi connectivity index (χ3n) is 3.26. The Kier molecular flexibility index (Phi) is 6.95. The van der Waals surface area contributed by atoms with E-state index >= 15 is 0 Å². The van der Waals surface area contributed by atoms with Crippen molar-refractivity contribution >= 4 is 23.6 Å². The highest BCUT2D eigenvalue weighted by Crippen LogP contribution is 2.16. The highest BCUT2D eigenvalue weighted by atomic mass is 16.5. The van der Waals surface area contributed by atoms with E-state index < -0.39 is 5.97 Å². The van der Waals surface area contributed by atoms with Crippen LogP contribution >= 0.6 is 0 Å². The fraction of sp³-hybridized carbons (Fsp3) is 0.150. The largest absolute Gasteiger partial charge is 0.482 e. The number of anilines is 1. The van der Waals surface area contributed by atoms with Gasteiger partial charge in [-0.15, -0.1) is 0 Å². The second kappa shape index (κ2) is 9.64. The number of carbonyl (C=O) groups is 2. The summed E-state index contributed by atoms with van der Waals surface area (Å²) >= 11 is 0. The summed E-state index contributed by atoms with van der Waals surface area (Å²) in [7, 11) is 0. The van der Waals surface area contributed by atoms with Crippen molar-refractivity contribution in [2.24, 2.45) is 0 Å². The summed E-state index contributed by atoms with van der Waals surface area (Å²) in [5.41, 5.74) is 1.77. The number of para-hydroxylation sites is 1. The SMILES string of the molecule is CCOC(=O)C=Cc1ccc(NC(=O)COc2ccccc2C#N)cc1. The molecule has 0 fully saturated rings. The maximum Gasteiger partial charge on any atom is 0.330 e. The molecule has 0 saturated heterocycles. The average Bonchev–Trinajstić information content (AvgIpc) is 2.66. The highest BCUT2D eigenvalue weighted by molar-refractivity contribution is 5.92.